The van der Waals surface area contributed by atoms with Gasteiger partial charge in [-0.3, -0.25) is 0 Å². The highest BCUT2D eigenvalue weighted by atomic mass is 32.2. The molecule has 2 nitrogen and oxygen atoms in total. The van der Waals surface area contributed by atoms with E-state index in [9.17, 15) is 5.21 Å². The minimum Gasteiger partial charge on any atom is -0.624 e. The molecule has 0 N–H and O–H groups in total. The first-order valence-electron chi connectivity index (χ1n) is 8.11. The van der Waals surface area contributed by atoms with Crippen molar-refractivity contribution in [3.63, 3.8) is 0 Å². The third kappa shape index (κ3) is 2.93. The van der Waals surface area contributed by atoms with Crippen LogP contribution in [0.2, 0.25) is 0 Å². The van der Waals surface area contributed by atoms with Gasteiger partial charge in [0.15, 0.2) is 12.3 Å². The van der Waals surface area contributed by atoms with E-state index in [1.165, 1.54) is 20.1 Å². The molecule has 4 rings (SSSR count). The fraction of sp³-hybridized carbons (Fsp3) is 0.250. The number of fused-ring (bicyclic) bond motifs is 1. The van der Waals surface area contributed by atoms with Gasteiger partial charge >= 0.3 is 0 Å². The first kappa shape index (κ1) is 14.6. The first-order chi connectivity index (χ1) is 11.3. The van der Waals surface area contributed by atoms with Gasteiger partial charge in [0.05, 0.1) is 11.8 Å². The normalized spacial score (nSPS) is 23.6. The van der Waals surface area contributed by atoms with Crippen LogP contribution in [0.25, 0.3) is 0 Å². The SMILES string of the molecule is [O-][N+]1=C2C=C(Sc3ccccc3)CCC2C(c2ccccc2)C1. The highest BCUT2D eigenvalue weighted by molar-refractivity contribution is 8.03. The maximum absolute atomic E-state index is 12.4. The summed E-state index contributed by atoms with van der Waals surface area (Å²) in [7, 11) is 0. The number of thioether (sulfide) groups is 1. The van der Waals surface area contributed by atoms with Crippen molar-refractivity contribution < 1.29 is 4.74 Å². The molecule has 0 amide bonds. The van der Waals surface area contributed by atoms with Crippen LogP contribution >= 0.6 is 11.8 Å². The Hall–Kier alpha value is -2.00. The molecule has 116 valence electrons. The average molecular weight is 321 g/mol. The van der Waals surface area contributed by atoms with Gasteiger partial charge in [-0.1, -0.05) is 60.3 Å². The molecule has 0 aromatic heterocycles. The zero-order valence-electron chi connectivity index (χ0n) is 12.9. The van der Waals surface area contributed by atoms with E-state index >= 15 is 0 Å². The minimum absolute atomic E-state index is 0.336. The van der Waals surface area contributed by atoms with E-state index in [1.807, 2.05) is 12.1 Å². The van der Waals surface area contributed by atoms with Gasteiger partial charge in [0.25, 0.3) is 0 Å². The van der Waals surface area contributed by atoms with Gasteiger partial charge in [-0.25, -0.2) is 4.74 Å². The summed E-state index contributed by atoms with van der Waals surface area (Å²) in [4.78, 5) is 2.55. The third-order valence-electron chi connectivity index (χ3n) is 4.75. The van der Waals surface area contributed by atoms with Gasteiger partial charge in [-0.05, 0) is 35.4 Å². The molecule has 0 fully saturated rings. The Morgan fingerprint density at radius 1 is 0.913 bits per heavy atom. The molecule has 0 spiro atoms. The largest absolute Gasteiger partial charge is 0.624 e. The molecule has 2 aliphatic rings. The van der Waals surface area contributed by atoms with Crippen molar-refractivity contribution >= 4 is 17.5 Å². The Balaban J connectivity index is 1.57. The van der Waals surface area contributed by atoms with E-state index in [-0.39, 0.29) is 0 Å². The standard InChI is InChI=1S/C20H19NOS/c22-21-14-19(15-7-3-1-4-8-15)18-12-11-17(13-20(18)21)23-16-9-5-2-6-10-16/h1-10,13,18-19H,11-12,14H2. The maximum atomic E-state index is 12.4. The highest BCUT2D eigenvalue weighted by Gasteiger charge is 2.41. The molecular weight excluding hydrogens is 302 g/mol. The van der Waals surface area contributed by atoms with Gasteiger partial charge < -0.3 is 5.21 Å². The topological polar surface area (TPSA) is 26.1 Å². The second-order valence-corrected chi connectivity index (χ2v) is 7.37. The molecule has 2 aromatic rings. The van der Waals surface area contributed by atoms with Crippen LogP contribution in [-0.4, -0.2) is 17.0 Å². The molecule has 0 radical (unpaired) electrons. The molecule has 1 aliphatic carbocycles. The van der Waals surface area contributed by atoms with Crippen molar-refractivity contribution in [2.75, 3.05) is 6.54 Å². The number of allylic oxidation sites excluding steroid dienone is 2. The Morgan fingerprint density at radius 3 is 2.35 bits per heavy atom. The quantitative estimate of drug-likeness (QED) is 0.598. The molecule has 2 unspecified atom stereocenters. The lowest BCUT2D eigenvalue weighted by atomic mass is 9.80. The molecule has 0 saturated heterocycles. The molecule has 2 atom stereocenters. The zero-order chi connectivity index (χ0) is 15.6. The van der Waals surface area contributed by atoms with Crippen LogP contribution in [-0.2, 0) is 0 Å². The number of hydrogen-bond acceptors (Lipinski definition) is 2. The van der Waals surface area contributed by atoms with Gasteiger partial charge in [0.1, 0.15) is 0 Å². The van der Waals surface area contributed by atoms with E-state index in [4.69, 9.17) is 0 Å². The summed E-state index contributed by atoms with van der Waals surface area (Å²) in [5.74, 6) is 0.707. The lowest BCUT2D eigenvalue weighted by Gasteiger charge is -2.21. The fourth-order valence-electron chi connectivity index (χ4n) is 3.62. The lowest BCUT2D eigenvalue weighted by molar-refractivity contribution is -0.450. The van der Waals surface area contributed by atoms with Crippen LogP contribution in [0.1, 0.15) is 24.3 Å². The number of hydroxylamine groups is 1. The van der Waals surface area contributed by atoms with Crippen molar-refractivity contribution in [1.29, 1.82) is 0 Å². The van der Waals surface area contributed by atoms with Crippen LogP contribution in [0.4, 0.5) is 0 Å². The molecule has 23 heavy (non-hydrogen) atoms. The van der Waals surface area contributed by atoms with Gasteiger partial charge in [0.2, 0.25) is 0 Å². The number of nitrogens with zero attached hydrogens (tertiary/aromatic N) is 1. The number of hydrogen-bond donors (Lipinski definition) is 0. The van der Waals surface area contributed by atoms with E-state index < -0.39 is 0 Å². The lowest BCUT2D eigenvalue weighted by Crippen LogP contribution is -2.20. The smallest absolute Gasteiger partial charge is 0.191 e. The van der Waals surface area contributed by atoms with Crippen LogP contribution in [0.5, 0.6) is 0 Å². The Kier molecular flexibility index (Phi) is 3.96. The van der Waals surface area contributed by atoms with Crippen LogP contribution < -0.4 is 0 Å². The molecular formula is C20H19NOS. The van der Waals surface area contributed by atoms with E-state index in [0.717, 1.165) is 18.6 Å². The Morgan fingerprint density at radius 2 is 1.61 bits per heavy atom. The third-order valence-corrected chi connectivity index (χ3v) is 5.84. The number of benzene rings is 2. The molecule has 1 aliphatic heterocycles. The van der Waals surface area contributed by atoms with Gasteiger partial charge in [-0.15, -0.1) is 0 Å². The van der Waals surface area contributed by atoms with E-state index in [1.54, 1.807) is 11.8 Å². The minimum atomic E-state index is 0.336. The molecule has 0 bridgehead atoms. The average Bonchev–Trinajstić information content (AvgIpc) is 2.93. The van der Waals surface area contributed by atoms with E-state index in [2.05, 4.69) is 54.6 Å². The highest BCUT2D eigenvalue weighted by Crippen LogP contribution is 2.41. The predicted octanol–water partition coefficient (Wildman–Crippen LogP) is 4.82. The second-order valence-electron chi connectivity index (χ2n) is 6.17. The van der Waals surface area contributed by atoms with Crippen molar-refractivity contribution in [3.8, 4) is 0 Å². The van der Waals surface area contributed by atoms with Crippen LogP contribution in [0.15, 0.2) is 76.5 Å². The number of rotatable bonds is 3. The molecule has 2 aromatic carbocycles. The summed E-state index contributed by atoms with van der Waals surface area (Å²) in [6.07, 6.45) is 4.27. The summed E-state index contributed by atoms with van der Waals surface area (Å²) in [6.45, 7) is 0.587. The molecule has 3 heteroatoms. The summed E-state index contributed by atoms with van der Waals surface area (Å²) in [6, 6.07) is 20.9. The van der Waals surface area contributed by atoms with Crippen molar-refractivity contribution in [3.05, 3.63) is 82.4 Å². The van der Waals surface area contributed by atoms with Crippen LogP contribution in [0.3, 0.4) is 0 Å². The Labute approximate surface area is 141 Å². The predicted molar refractivity (Wildman–Crippen MR) is 95.8 cm³/mol. The van der Waals surface area contributed by atoms with Crippen molar-refractivity contribution in [2.45, 2.75) is 23.7 Å². The first-order valence-corrected chi connectivity index (χ1v) is 8.93. The van der Waals surface area contributed by atoms with Gasteiger partial charge in [0, 0.05) is 11.0 Å². The molecule has 1 heterocycles. The maximum Gasteiger partial charge on any atom is 0.191 e. The monoisotopic (exact) mass is 321 g/mol. The Bertz CT molecular complexity index is 752. The zero-order valence-corrected chi connectivity index (χ0v) is 13.7. The summed E-state index contributed by atoms with van der Waals surface area (Å²) in [5.41, 5.74) is 2.27. The summed E-state index contributed by atoms with van der Waals surface area (Å²) in [5, 5.41) is 12.4. The van der Waals surface area contributed by atoms with Crippen molar-refractivity contribution in [1.82, 2.24) is 0 Å². The summed E-state index contributed by atoms with van der Waals surface area (Å²) < 4.78 is 1.22. The second kappa shape index (κ2) is 6.25. The summed E-state index contributed by atoms with van der Waals surface area (Å²) >= 11 is 1.79. The molecule has 0 saturated carbocycles. The van der Waals surface area contributed by atoms with Crippen LogP contribution in [0, 0.1) is 11.1 Å². The van der Waals surface area contributed by atoms with Crippen molar-refractivity contribution in [2.24, 2.45) is 5.92 Å². The van der Waals surface area contributed by atoms with E-state index in [0.29, 0.717) is 18.4 Å². The van der Waals surface area contributed by atoms with Gasteiger partial charge in [-0.2, -0.15) is 0 Å². The fourth-order valence-corrected chi connectivity index (χ4v) is 4.62.